The maximum Gasteiger partial charge on any atom is 0.434 e. The number of alkyl halides is 3. The molecular weight excluding hydrogens is 219 g/mol. The van der Waals surface area contributed by atoms with Gasteiger partial charge in [0.25, 0.3) is 0 Å². The van der Waals surface area contributed by atoms with Crippen LogP contribution in [0.2, 0.25) is 0 Å². The minimum Gasteiger partial charge on any atom is -0.384 e. The fourth-order valence-electron chi connectivity index (χ4n) is 1.15. The molecule has 0 atom stereocenters. The van der Waals surface area contributed by atoms with Crippen LogP contribution < -0.4 is 11.1 Å². The summed E-state index contributed by atoms with van der Waals surface area (Å²) in [4.78, 5) is 3.30. The Labute approximate surface area is 91.2 Å². The van der Waals surface area contributed by atoms with Crippen molar-refractivity contribution in [1.82, 2.24) is 10.3 Å². The van der Waals surface area contributed by atoms with Gasteiger partial charge in [-0.05, 0) is 19.2 Å². The first-order valence-electron chi connectivity index (χ1n) is 4.60. The van der Waals surface area contributed by atoms with Gasteiger partial charge in [-0.25, -0.2) is 4.98 Å². The number of anilines is 1. The van der Waals surface area contributed by atoms with Crippen LogP contribution in [-0.2, 0) is 6.18 Å². The maximum absolute atomic E-state index is 12.6. The molecule has 0 saturated carbocycles. The van der Waals surface area contributed by atoms with Gasteiger partial charge in [0.05, 0.1) is 0 Å². The van der Waals surface area contributed by atoms with E-state index in [0.29, 0.717) is 6.54 Å². The van der Waals surface area contributed by atoms with Gasteiger partial charge in [0, 0.05) is 12.1 Å². The van der Waals surface area contributed by atoms with Crippen molar-refractivity contribution in [1.29, 1.82) is 0 Å². The van der Waals surface area contributed by atoms with Gasteiger partial charge in [-0.1, -0.05) is 12.2 Å². The lowest BCUT2D eigenvalue weighted by Gasteiger charge is -2.09. The molecule has 1 aromatic heterocycles. The van der Waals surface area contributed by atoms with Crippen LogP contribution in [0, 0.1) is 0 Å². The zero-order valence-electron chi connectivity index (χ0n) is 8.67. The minimum absolute atomic E-state index is 0.0111. The average Bonchev–Trinajstić information content (AvgIpc) is 2.19. The molecule has 3 N–H and O–H groups in total. The van der Waals surface area contributed by atoms with Crippen LogP contribution in [0.4, 0.5) is 19.0 Å². The van der Waals surface area contributed by atoms with Gasteiger partial charge < -0.3 is 11.1 Å². The molecule has 0 amide bonds. The van der Waals surface area contributed by atoms with Gasteiger partial charge in [-0.15, -0.1) is 0 Å². The van der Waals surface area contributed by atoms with Gasteiger partial charge >= 0.3 is 6.18 Å². The summed E-state index contributed by atoms with van der Waals surface area (Å²) in [7, 11) is 1.70. The highest BCUT2D eigenvalue weighted by Gasteiger charge is 2.34. The van der Waals surface area contributed by atoms with Crippen LogP contribution in [0.15, 0.2) is 18.2 Å². The number of rotatable bonds is 3. The smallest absolute Gasteiger partial charge is 0.384 e. The molecule has 16 heavy (non-hydrogen) atoms. The molecule has 0 aromatic carbocycles. The second-order valence-electron chi connectivity index (χ2n) is 3.13. The second-order valence-corrected chi connectivity index (χ2v) is 3.13. The predicted molar refractivity (Wildman–Crippen MR) is 56.6 cm³/mol. The number of aromatic nitrogens is 1. The molecule has 0 aliphatic rings. The Morgan fingerprint density at radius 1 is 1.44 bits per heavy atom. The Hall–Kier alpha value is -1.56. The third kappa shape index (κ3) is 3.23. The molecule has 0 unspecified atom stereocenters. The van der Waals surface area contributed by atoms with Crippen molar-refractivity contribution >= 4 is 11.9 Å². The van der Waals surface area contributed by atoms with Crippen molar-refractivity contribution in [3.05, 3.63) is 29.5 Å². The molecule has 0 radical (unpaired) electrons. The van der Waals surface area contributed by atoms with Crippen molar-refractivity contribution in [3.8, 4) is 0 Å². The van der Waals surface area contributed by atoms with Crippen LogP contribution in [0.1, 0.15) is 11.3 Å². The summed E-state index contributed by atoms with van der Waals surface area (Å²) in [5.41, 5.74) is 4.28. The topological polar surface area (TPSA) is 50.9 Å². The average molecular weight is 231 g/mol. The van der Waals surface area contributed by atoms with Gasteiger partial charge in [-0.3, -0.25) is 0 Å². The molecule has 1 heterocycles. The highest BCUT2D eigenvalue weighted by Crippen LogP contribution is 2.31. The van der Waals surface area contributed by atoms with Crippen LogP contribution in [-0.4, -0.2) is 18.6 Å². The quantitative estimate of drug-likeness (QED) is 0.835. The first-order chi connectivity index (χ1) is 7.45. The molecule has 1 rings (SSSR count). The lowest BCUT2D eigenvalue weighted by molar-refractivity contribution is -0.141. The van der Waals surface area contributed by atoms with E-state index in [9.17, 15) is 13.2 Å². The number of halogens is 3. The summed E-state index contributed by atoms with van der Waals surface area (Å²) in [6.07, 6.45) is -1.54. The van der Waals surface area contributed by atoms with Crippen molar-refractivity contribution in [3.63, 3.8) is 0 Å². The summed E-state index contributed by atoms with van der Waals surface area (Å²) in [5.74, 6) is -0.141. The van der Waals surface area contributed by atoms with Crippen LogP contribution in [0.5, 0.6) is 0 Å². The van der Waals surface area contributed by atoms with E-state index in [2.05, 4.69) is 10.3 Å². The van der Waals surface area contributed by atoms with Crippen LogP contribution >= 0.6 is 0 Å². The van der Waals surface area contributed by atoms with E-state index in [4.69, 9.17) is 5.73 Å². The molecule has 3 nitrogen and oxygen atoms in total. The number of hydrogen-bond acceptors (Lipinski definition) is 3. The third-order valence-corrected chi connectivity index (χ3v) is 1.84. The highest BCUT2D eigenvalue weighted by molar-refractivity contribution is 5.55. The standard InChI is InChI=1S/C10H12F3N3/c1-15-6-2-3-7-4-5-8(14)16-9(7)10(11,12)13/h2-5,15H,6H2,1H3,(H2,14,16). The van der Waals surface area contributed by atoms with Gasteiger partial charge in [-0.2, -0.15) is 13.2 Å². The van der Waals surface area contributed by atoms with E-state index >= 15 is 0 Å². The van der Waals surface area contributed by atoms with E-state index in [1.165, 1.54) is 18.2 Å². The lowest BCUT2D eigenvalue weighted by atomic mass is 10.1. The van der Waals surface area contributed by atoms with Gasteiger partial charge in [0.15, 0.2) is 5.69 Å². The Kier molecular flexibility index (Phi) is 3.89. The summed E-state index contributed by atoms with van der Waals surface area (Å²) in [5, 5.41) is 2.79. The molecule has 0 bridgehead atoms. The Morgan fingerprint density at radius 2 is 2.12 bits per heavy atom. The summed E-state index contributed by atoms with van der Waals surface area (Å²) < 4.78 is 37.7. The monoisotopic (exact) mass is 231 g/mol. The Morgan fingerprint density at radius 3 is 2.69 bits per heavy atom. The summed E-state index contributed by atoms with van der Waals surface area (Å²) in [6.45, 7) is 0.488. The Balaban J connectivity index is 3.08. The predicted octanol–water partition coefficient (Wildman–Crippen LogP) is 1.92. The zero-order chi connectivity index (χ0) is 12.2. The molecule has 0 aliphatic heterocycles. The molecular formula is C10H12F3N3. The number of nitrogens with two attached hydrogens (primary N) is 1. The lowest BCUT2D eigenvalue weighted by Crippen LogP contribution is -2.12. The van der Waals surface area contributed by atoms with Crippen molar-refractivity contribution in [2.45, 2.75) is 6.18 Å². The highest BCUT2D eigenvalue weighted by atomic mass is 19.4. The SMILES string of the molecule is CNCC=Cc1ccc(N)nc1C(F)(F)F. The summed E-state index contributed by atoms with van der Waals surface area (Å²) >= 11 is 0. The molecule has 1 aromatic rings. The number of nitrogen functional groups attached to an aromatic ring is 1. The fourth-order valence-corrected chi connectivity index (χ4v) is 1.15. The maximum atomic E-state index is 12.6. The molecule has 6 heteroatoms. The number of pyridine rings is 1. The first-order valence-corrected chi connectivity index (χ1v) is 4.60. The summed E-state index contributed by atoms with van der Waals surface area (Å²) in [6, 6.07) is 2.64. The number of nitrogens with one attached hydrogen (secondary N) is 1. The van der Waals surface area contributed by atoms with Gasteiger partial charge in [0.2, 0.25) is 0 Å². The third-order valence-electron chi connectivity index (χ3n) is 1.84. The molecule has 0 saturated heterocycles. The number of nitrogens with zero attached hydrogens (tertiary/aromatic N) is 1. The van der Waals surface area contributed by atoms with Crippen molar-refractivity contribution < 1.29 is 13.2 Å². The van der Waals surface area contributed by atoms with Crippen LogP contribution in [0.25, 0.3) is 6.08 Å². The fraction of sp³-hybridized carbons (Fsp3) is 0.300. The van der Waals surface area contributed by atoms with Crippen molar-refractivity contribution in [2.24, 2.45) is 0 Å². The zero-order valence-corrected chi connectivity index (χ0v) is 8.67. The first kappa shape index (κ1) is 12.5. The molecule has 0 aliphatic carbocycles. The van der Waals surface area contributed by atoms with Crippen molar-refractivity contribution in [2.75, 3.05) is 19.3 Å². The van der Waals surface area contributed by atoms with Gasteiger partial charge in [0.1, 0.15) is 5.82 Å². The Bertz CT molecular complexity index is 385. The largest absolute Gasteiger partial charge is 0.434 e. The van der Waals surface area contributed by atoms with Crippen LogP contribution in [0.3, 0.4) is 0 Å². The van der Waals surface area contributed by atoms with E-state index in [1.54, 1.807) is 13.1 Å². The number of likely N-dealkylation sites (N-methyl/N-ethyl adjacent to an activating group) is 1. The normalized spacial score (nSPS) is 12.2. The second kappa shape index (κ2) is 4.98. The molecule has 0 fully saturated rings. The minimum atomic E-state index is -4.49. The van der Waals surface area contributed by atoms with E-state index < -0.39 is 11.9 Å². The van der Waals surface area contributed by atoms with E-state index in [-0.39, 0.29) is 11.4 Å². The van der Waals surface area contributed by atoms with E-state index in [1.807, 2.05) is 0 Å². The molecule has 0 spiro atoms. The van der Waals surface area contributed by atoms with E-state index in [0.717, 1.165) is 0 Å². The number of hydrogen-bond donors (Lipinski definition) is 2. The molecule has 88 valence electrons.